The molecule has 1 aromatic carbocycles. The van der Waals surface area contributed by atoms with Gasteiger partial charge in [-0.15, -0.1) is 0 Å². The van der Waals surface area contributed by atoms with Gasteiger partial charge in [-0.05, 0) is 69.1 Å². The number of nitrogens with one attached hydrogen (secondary N) is 1. The molecule has 1 aliphatic heterocycles. The van der Waals surface area contributed by atoms with Crippen LogP contribution in [0.1, 0.15) is 63.9 Å². The SMILES string of the molecule is C=CC1=C(C=C)N(CC(=O)O)C(=O)C(NC(=O)C2(CC(CCc3ccccc3)C(=O)OCC)CCCC2)CC1. The number of amides is 2. The Labute approximate surface area is 230 Å². The minimum Gasteiger partial charge on any atom is -0.480 e. The zero-order chi connectivity index (χ0) is 28.4. The van der Waals surface area contributed by atoms with E-state index in [1.807, 2.05) is 30.3 Å². The number of hydrogen-bond donors (Lipinski definition) is 2. The van der Waals surface area contributed by atoms with E-state index in [4.69, 9.17) is 4.74 Å². The Kier molecular flexibility index (Phi) is 10.7. The molecule has 8 nitrogen and oxygen atoms in total. The van der Waals surface area contributed by atoms with Crippen LogP contribution in [0.2, 0.25) is 0 Å². The first kappa shape index (κ1) is 29.9. The van der Waals surface area contributed by atoms with E-state index < -0.39 is 35.8 Å². The van der Waals surface area contributed by atoms with Crippen molar-refractivity contribution in [3.8, 4) is 0 Å². The maximum absolute atomic E-state index is 13.9. The van der Waals surface area contributed by atoms with Crippen molar-refractivity contribution >= 4 is 23.8 Å². The number of ether oxygens (including phenoxy) is 1. The molecule has 1 aromatic rings. The van der Waals surface area contributed by atoms with Crippen molar-refractivity contribution in [1.29, 1.82) is 0 Å². The van der Waals surface area contributed by atoms with Crippen molar-refractivity contribution in [2.24, 2.45) is 11.3 Å². The lowest BCUT2D eigenvalue weighted by atomic mass is 9.75. The normalized spacial score (nSPS) is 19.7. The fourth-order valence-corrected chi connectivity index (χ4v) is 5.82. The Morgan fingerprint density at radius 1 is 1.18 bits per heavy atom. The van der Waals surface area contributed by atoms with Crippen molar-refractivity contribution in [3.63, 3.8) is 0 Å². The largest absolute Gasteiger partial charge is 0.480 e. The van der Waals surface area contributed by atoms with Gasteiger partial charge in [0.15, 0.2) is 0 Å². The molecule has 2 N–H and O–H groups in total. The van der Waals surface area contributed by atoms with Gasteiger partial charge in [-0.25, -0.2) is 0 Å². The van der Waals surface area contributed by atoms with E-state index in [9.17, 15) is 24.3 Å². The van der Waals surface area contributed by atoms with Crippen molar-refractivity contribution in [2.75, 3.05) is 13.2 Å². The molecule has 0 bridgehead atoms. The number of nitrogens with zero attached hydrogens (tertiary/aromatic N) is 1. The van der Waals surface area contributed by atoms with E-state index >= 15 is 0 Å². The van der Waals surface area contributed by atoms with Crippen LogP contribution >= 0.6 is 0 Å². The van der Waals surface area contributed by atoms with E-state index in [-0.39, 0.29) is 18.5 Å². The van der Waals surface area contributed by atoms with E-state index in [0.29, 0.717) is 56.2 Å². The maximum Gasteiger partial charge on any atom is 0.323 e. The molecule has 2 aliphatic rings. The summed E-state index contributed by atoms with van der Waals surface area (Å²) in [5.74, 6) is -2.67. The molecular weight excluding hydrogens is 496 g/mol. The Morgan fingerprint density at radius 3 is 2.46 bits per heavy atom. The summed E-state index contributed by atoms with van der Waals surface area (Å²) in [5, 5.41) is 12.4. The van der Waals surface area contributed by atoms with E-state index in [2.05, 4.69) is 18.5 Å². The number of carboxylic acid groups (broad SMARTS) is 1. The van der Waals surface area contributed by atoms with Gasteiger partial charge in [0.25, 0.3) is 0 Å². The Morgan fingerprint density at radius 2 is 1.87 bits per heavy atom. The summed E-state index contributed by atoms with van der Waals surface area (Å²) in [5.41, 5.74) is 1.42. The fourth-order valence-electron chi connectivity index (χ4n) is 5.82. The van der Waals surface area contributed by atoms with Gasteiger partial charge in [-0.1, -0.05) is 62.4 Å². The number of hydrogen-bond acceptors (Lipinski definition) is 5. The number of allylic oxidation sites excluding steroid dienone is 3. The minimum absolute atomic E-state index is 0.259. The lowest BCUT2D eigenvalue weighted by Gasteiger charge is -2.33. The van der Waals surface area contributed by atoms with E-state index in [0.717, 1.165) is 23.3 Å². The number of benzene rings is 1. The molecule has 2 amide bonds. The zero-order valence-electron chi connectivity index (χ0n) is 22.8. The van der Waals surface area contributed by atoms with Gasteiger partial charge >= 0.3 is 11.9 Å². The second-order valence-corrected chi connectivity index (χ2v) is 10.4. The van der Waals surface area contributed by atoms with Gasteiger partial charge in [-0.3, -0.25) is 24.1 Å². The van der Waals surface area contributed by atoms with Crippen molar-refractivity contribution < 1.29 is 29.0 Å². The predicted molar refractivity (Wildman–Crippen MR) is 148 cm³/mol. The number of aliphatic carboxylic acids is 1. The molecule has 2 atom stereocenters. The van der Waals surface area contributed by atoms with Crippen LogP contribution in [-0.2, 0) is 30.3 Å². The van der Waals surface area contributed by atoms with Crippen LogP contribution in [-0.4, -0.2) is 53.0 Å². The summed E-state index contributed by atoms with van der Waals surface area (Å²) in [6.45, 7) is 9.05. The van der Waals surface area contributed by atoms with Crippen LogP contribution in [0.5, 0.6) is 0 Å². The molecule has 210 valence electrons. The monoisotopic (exact) mass is 536 g/mol. The van der Waals surface area contributed by atoms with Crippen LogP contribution in [0, 0.1) is 11.3 Å². The average Bonchev–Trinajstić information content (AvgIpc) is 3.37. The van der Waals surface area contributed by atoms with Crippen molar-refractivity contribution in [2.45, 2.75) is 70.8 Å². The number of rotatable bonds is 13. The predicted octanol–water partition coefficient (Wildman–Crippen LogP) is 4.57. The van der Waals surface area contributed by atoms with Crippen molar-refractivity contribution in [1.82, 2.24) is 10.2 Å². The zero-order valence-corrected chi connectivity index (χ0v) is 22.8. The third-order valence-corrected chi connectivity index (χ3v) is 7.85. The summed E-state index contributed by atoms with van der Waals surface area (Å²) < 4.78 is 5.40. The molecule has 1 heterocycles. The Bertz CT molecular complexity index is 1100. The lowest BCUT2D eigenvalue weighted by molar-refractivity contribution is -0.151. The molecule has 0 aromatic heterocycles. The van der Waals surface area contributed by atoms with Crippen molar-refractivity contribution in [3.05, 3.63) is 72.5 Å². The quantitative estimate of drug-likeness (QED) is 0.357. The summed E-state index contributed by atoms with van der Waals surface area (Å²) in [4.78, 5) is 53.1. The standard InChI is InChI=1S/C31H40N2O6/c1-4-23-16-17-25(28(36)33(21-27(34)35)26(23)5-2)32-30(38)31(18-10-11-19-31)20-24(29(37)39-6-3)15-14-22-12-8-7-9-13-22/h4-5,7-9,12-13,24-25H,1-2,6,10-11,14-21H2,3H3,(H,32,38)(H,34,35). The smallest absolute Gasteiger partial charge is 0.323 e. The second kappa shape index (κ2) is 13.9. The summed E-state index contributed by atoms with van der Waals surface area (Å²) in [7, 11) is 0. The van der Waals surface area contributed by atoms with Gasteiger partial charge in [0.2, 0.25) is 11.8 Å². The van der Waals surface area contributed by atoms with Gasteiger partial charge in [-0.2, -0.15) is 0 Å². The average molecular weight is 537 g/mol. The van der Waals surface area contributed by atoms with Crippen LogP contribution in [0.4, 0.5) is 0 Å². The van der Waals surface area contributed by atoms with E-state index in [1.54, 1.807) is 13.0 Å². The summed E-state index contributed by atoms with van der Waals surface area (Å²) in [6.07, 6.45) is 8.34. The summed E-state index contributed by atoms with van der Waals surface area (Å²) in [6, 6.07) is 9.01. The first-order valence-electron chi connectivity index (χ1n) is 13.8. The number of carbonyl (C=O) groups is 4. The van der Waals surface area contributed by atoms with E-state index in [1.165, 1.54) is 6.08 Å². The molecule has 39 heavy (non-hydrogen) atoms. The third-order valence-electron chi connectivity index (χ3n) is 7.85. The third kappa shape index (κ3) is 7.46. The maximum atomic E-state index is 13.9. The molecule has 3 rings (SSSR count). The summed E-state index contributed by atoms with van der Waals surface area (Å²) >= 11 is 0. The molecule has 1 aliphatic carbocycles. The van der Waals surface area contributed by atoms with Crippen LogP contribution < -0.4 is 5.32 Å². The first-order valence-corrected chi connectivity index (χ1v) is 13.8. The van der Waals surface area contributed by atoms with Gasteiger partial charge in [0.05, 0.1) is 17.9 Å². The highest BCUT2D eigenvalue weighted by Crippen LogP contribution is 2.45. The van der Waals surface area contributed by atoms with Crippen LogP contribution in [0.15, 0.2) is 66.9 Å². The highest BCUT2D eigenvalue weighted by molar-refractivity contribution is 5.93. The molecule has 2 unspecified atom stereocenters. The van der Waals surface area contributed by atoms with Crippen LogP contribution in [0.3, 0.4) is 0 Å². The van der Waals surface area contributed by atoms with Gasteiger partial charge in [0, 0.05) is 5.70 Å². The first-order chi connectivity index (χ1) is 18.7. The molecule has 0 spiro atoms. The number of esters is 1. The molecule has 0 radical (unpaired) electrons. The fraction of sp³-hybridized carbons (Fsp3) is 0.484. The Hall–Kier alpha value is -3.68. The highest BCUT2D eigenvalue weighted by Gasteiger charge is 2.46. The molecule has 1 fully saturated rings. The number of carbonyl (C=O) groups excluding carboxylic acids is 3. The van der Waals surface area contributed by atoms with Gasteiger partial charge in [0.1, 0.15) is 12.6 Å². The molecule has 1 saturated carbocycles. The number of aryl methyl sites for hydroxylation is 1. The Balaban J connectivity index is 1.82. The number of carboxylic acids is 1. The topological polar surface area (TPSA) is 113 Å². The lowest BCUT2D eigenvalue weighted by Crippen LogP contribution is -2.52. The molecular formula is C31H40N2O6. The van der Waals surface area contributed by atoms with Crippen LogP contribution in [0.25, 0.3) is 0 Å². The minimum atomic E-state index is -1.17. The second-order valence-electron chi connectivity index (χ2n) is 10.4. The molecule has 0 saturated heterocycles. The highest BCUT2D eigenvalue weighted by atomic mass is 16.5. The molecule has 8 heteroatoms. The van der Waals surface area contributed by atoms with Gasteiger partial charge < -0.3 is 15.2 Å².